The number of rotatable bonds is 6. The summed E-state index contributed by atoms with van der Waals surface area (Å²) in [6, 6.07) is 7.00. The van der Waals surface area contributed by atoms with Gasteiger partial charge in [-0.3, -0.25) is 19.3 Å². The van der Waals surface area contributed by atoms with Crippen LogP contribution in [0.2, 0.25) is 0 Å². The third-order valence-electron chi connectivity index (χ3n) is 4.07. The molecule has 1 heterocycles. The largest absolute Gasteiger partial charge is 0.491 e. The Bertz CT molecular complexity index is 644. The number of benzene rings is 1. The fourth-order valence-electron chi connectivity index (χ4n) is 2.28. The molecular formula is C18H24N2O5. The van der Waals surface area contributed by atoms with Crippen molar-refractivity contribution >= 4 is 23.5 Å². The summed E-state index contributed by atoms with van der Waals surface area (Å²) in [6.45, 7) is 5.50. The van der Waals surface area contributed by atoms with Crippen LogP contribution >= 0.6 is 0 Å². The Morgan fingerprint density at radius 1 is 1.28 bits per heavy atom. The van der Waals surface area contributed by atoms with Crippen molar-refractivity contribution in [3.05, 3.63) is 24.3 Å². The zero-order valence-electron chi connectivity index (χ0n) is 14.8. The minimum atomic E-state index is -0.641. The van der Waals surface area contributed by atoms with E-state index in [1.54, 1.807) is 24.3 Å². The van der Waals surface area contributed by atoms with Crippen LogP contribution in [0.3, 0.4) is 0 Å². The second-order valence-corrected chi connectivity index (χ2v) is 6.31. The second-order valence-electron chi connectivity index (χ2n) is 6.31. The Balaban J connectivity index is 1.93. The molecule has 0 radical (unpaired) electrons. The monoisotopic (exact) mass is 348 g/mol. The van der Waals surface area contributed by atoms with E-state index in [-0.39, 0.29) is 50.0 Å². The number of nitrogens with one attached hydrogen (secondary N) is 1. The number of carbonyl (C=O) groups excluding carboxylic acids is 3. The number of hydrogen-bond acceptors (Lipinski definition) is 5. The molecule has 1 atom stereocenters. The van der Waals surface area contributed by atoms with E-state index in [9.17, 15) is 14.4 Å². The molecule has 0 unspecified atom stereocenters. The van der Waals surface area contributed by atoms with Crippen molar-refractivity contribution in [2.24, 2.45) is 5.92 Å². The molecule has 0 saturated carbocycles. The molecule has 1 aliphatic heterocycles. The maximum atomic E-state index is 12.2. The van der Waals surface area contributed by atoms with Gasteiger partial charge >= 0.3 is 5.97 Å². The van der Waals surface area contributed by atoms with Crippen molar-refractivity contribution < 1.29 is 23.9 Å². The third-order valence-corrected chi connectivity index (χ3v) is 4.07. The van der Waals surface area contributed by atoms with Crippen molar-refractivity contribution in [3.63, 3.8) is 0 Å². The highest BCUT2D eigenvalue weighted by Crippen LogP contribution is 2.30. The van der Waals surface area contributed by atoms with Gasteiger partial charge in [0.25, 0.3) is 5.91 Å². The standard InChI is InChI=1S/C18H24N2O5/c1-12(2)13(3)19-16(21)11-25-18(23)10-20-14-6-4-5-7-15(14)24-9-8-17(20)22/h4-7,12-13H,8-11H2,1-3H3,(H,19,21)/t13-/m1/s1. The molecule has 2 rings (SSSR count). The molecule has 1 aromatic rings. The van der Waals surface area contributed by atoms with Crippen LogP contribution in [0.25, 0.3) is 0 Å². The van der Waals surface area contributed by atoms with E-state index in [2.05, 4.69) is 5.32 Å². The highest BCUT2D eigenvalue weighted by atomic mass is 16.5. The average molecular weight is 348 g/mol. The highest BCUT2D eigenvalue weighted by Gasteiger charge is 2.26. The van der Waals surface area contributed by atoms with Crippen LogP contribution in [0.1, 0.15) is 27.2 Å². The van der Waals surface area contributed by atoms with Crippen LogP contribution in [0, 0.1) is 5.92 Å². The number of hydrogen-bond donors (Lipinski definition) is 1. The molecule has 1 aromatic carbocycles. The van der Waals surface area contributed by atoms with Crippen LogP contribution in [0.15, 0.2) is 24.3 Å². The highest BCUT2D eigenvalue weighted by molar-refractivity contribution is 5.99. The van der Waals surface area contributed by atoms with Gasteiger partial charge in [-0.25, -0.2) is 0 Å². The molecular weight excluding hydrogens is 324 g/mol. The molecule has 7 nitrogen and oxygen atoms in total. The number of ether oxygens (including phenoxy) is 2. The summed E-state index contributed by atoms with van der Waals surface area (Å²) in [5.74, 6) is -0.395. The first kappa shape index (κ1) is 18.8. The number of anilines is 1. The minimum Gasteiger partial charge on any atom is -0.491 e. The maximum Gasteiger partial charge on any atom is 0.326 e. The quantitative estimate of drug-likeness (QED) is 0.788. The maximum absolute atomic E-state index is 12.2. The molecule has 0 spiro atoms. The van der Waals surface area contributed by atoms with Crippen molar-refractivity contribution in [1.29, 1.82) is 0 Å². The van der Waals surface area contributed by atoms with Gasteiger partial charge in [0.1, 0.15) is 12.3 Å². The van der Waals surface area contributed by atoms with Gasteiger partial charge in [-0.05, 0) is 25.0 Å². The average Bonchev–Trinajstić information content (AvgIpc) is 2.72. The van der Waals surface area contributed by atoms with Crippen molar-refractivity contribution in [1.82, 2.24) is 5.32 Å². The Kier molecular flexibility index (Phi) is 6.38. The third kappa shape index (κ3) is 5.20. The van der Waals surface area contributed by atoms with Gasteiger partial charge in [-0.2, -0.15) is 0 Å². The lowest BCUT2D eigenvalue weighted by atomic mass is 10.1. The predicted molar refractivity (Wildman–Crippen MR) is 92.3 cm³/mol. The van der Waals surface area contributed by atoms with Gasteiger partial charge in [0, 0.05) is 6.04 Å². The van der Waals surface area contributed by atoms with Gasteiger partial charge in [0.15, 0.2) is 6.61 Å². The topological polar surface area (TPSA) is 84.9 Å². The van der Waals surface area contributed by atoms with Gasteiger partial charge in [-0.1, -0.05) is 26.0 Å². The number of esters is 1. The molecule has 25 heavy (non-hydrogen) atoms. The van der Waals surface area contributed by atoms with Crippen LogP contribution in [-0.4, -0.2) is 43.6 Å². The van der Waals surface area contributed by atoms with E-state index in [1.807, 2.05) is 20.8 Å². The van der Waals surface area contributed by atoms with Crippen LogP contribution in [0.4, 0.5) is 5.69 Å². The Labute approximate surface area is 147 Å². The molecule has 0 bridgehead atoms. The Morgan fingerprint density at radius 3 is 2.72 bits per heavy atom. The van der Waals surface area contributed by atoms with Crippen molar-refractivity contribution in [3.8, 4) is 5.75 Å². The van der Waals surface area contributed by atoms with Gasteiger partial charge in [0.05, 0.1) is 18.7 Å². The van der Waals surface area contributed by atoms with E-state index >= 15 is 0 Å². The molecule has 1 aliphatic rings. The second kappa shape index (κ2) is 8.50. The molecule has 7 heteroatoms. The van der Waals surface area contributed by atoms with Crippen molar-refractivity contribution in [2.75, 3.05) is 24.7 Å². The number of para-hydroxylation sites is 2. The molecule has 136 valence electrons. The number of nitrogens with zero attached hydrogens (tertiary/aromatic N) is 1. The van der Waals surface area contributed by atoms with Gasteiger partial charge < -0.3 is 14.8 Å². The smallest absolute Gasteiger partial charge is 0.326 e. The van der Waals surface area contributed by atoms with E-state index in [4.69, 9.17) is 9.47 Å². The lowest BCUT2D eigenvalue weighted by molar-refractivity contribution is -0.147. The lowest BCUT2D eigenvalue weighted by Gasteiger charge is -2.21. The molecule has 0 saturated heterocycles. The van der Waals surface area contributed by atoms with Crippen molar-refractivity contribution in [2.45, 2.75) is 33.2 Å². The predicted octanol–water partition coefficient (Wildman–Crippen LogP) is 1.51. The summed E-state index contributed by atoms with van der Waals surface area (Å²) in [5, 5.41) is 2.76. The Hall–Kier alpha value is -2.57. The first-order valence-corrected chi connectivity index (χ1v) is 8.35. The van der Waals surface area contributed by atoms with Crippen LogP contribution in [-0.2, 0) is 19.1 Å². The molecule has 1 N–H and O–H groups in total. The first-order chi connectivity index (χ1) is 11.9. The van der Waals surface area contributed by atoms with Gasteiger partial charge in [-0.15, -0.1) is 0 Å². The summed E-state index contributed by atoms with van der Waals surface area (Å²) in [6.07, 6.45) is 0.175. The lowest BCUT2D eigenvalue weighted by Crippen LogP contribution is -2.40. The molecule has 0 aliphatic carbocycles. The zero-order chi connectivity index (χ0) is 18.4. The zero-order valence-corrected chi connectivity index (χ0v) is 14.8. The SMILES string of the molecule is CC(C)[C@@H](C)NC(=O)COC(=O)CN1C(=O)CCOc2ccccc21. The van der Waals surface area contributed by atoms with E-state index in [1.165, 1.54) is 4.90 Å². The summed E-state index contributed by atoms with van der Waals surface area (Å²) < 4.78 is 10.5. The summed E-state index contributed by atoms with van der Waals surface area (Å²) in [5.41, 5.74) is 0.528. The normalized spacial score (nSPS) is 15.0. The Morgan fingerprint density at radius 2 is 2.00 bits per heavy atom. The van der Waals surface area contributed by atoms with E-state index in [0.29, 0.717) is 11.4 Å². The molecule has 0 aromatic heterocycles. The summed E-state index contributed by atoms with van der Waals surface area (Å²) in [4.78, 5) is 37.4. The summed E-state index contributed by atoms with van der Waals surface area (Å²) >= 11 is 0. The van der Waals surface area contributed by atoms with E-state index < -0.39 is 5.97 Å². The first-order valence-electron chi connectivity index (χ1n) is 8.35. The molecule has 2 amide bonds. The minimum absolute atomic E-state index is 0.0117. The van der Waals surface area contributed by atoms with Crippen LogP contribution < -0.4 is 15.0 Å². The van der Waals surface area contributed by atoms with Crippen LogP contribution in [0.5, 0.6) is 5.75 Å². The summed E-state index contributed by atoms with van der Waals surface area (Å²) in [7, 11) is 0. The molecule has 0 fully saturated rings. The number of fused-ring (bicyclic) bond motifs is 1. The van der Waals surface area contributed by atoms with E-state index in [0.717, 1.165) is 0 Å². The van der Waals surface area contributed by atoms with Gasteiger partial charge in [0.2, 0.25) is 5.91 Å². The fraction of sp³-hybridized carbons (Fsp3) is 0.500. The number of carbonyl (C=O) groups is 3. The fourth-order valence-corrected chi connectivity index (χ4v) is 2.28. The number of amides is 2.